The molecule has 1 rings (SSSR count). The maximum absolute atomic E-state index is 12.3. The predicted octanol–water partition coefficient (Wildman–Crippen LogP) is 0.471. The Hall–Kier alpha value is -1.69. The molecule has 0 fully saturated rings. The summed E-state index contributed by atoms with van der Waals surface area (Å²) in [4.78, 5) is 24.0. The van der Waals surface area contributed by atoms with Gasteiger partial charge in [-0.15, -0.1) is 0 Å². The van der Waals surface area contributed by atoms with Crippen molar-refractivity contribution in [1.29, 1.82) is 0 Å². The fraction of sp³-hybridized carbons (Fsp3) is 0.583. The number of nitrogen functional groups attached to an aromatic ring is 1. The summed E-state index contributed by atoms with van der Waals surface area (Å²) in [5.41, 5.74) is 5.84. The molecular formula is C12H21N5O. The third-order valence-corrected chi connectivity index (χ3v) is 2.64. The molecule has 18 heavy (non-hydrogen) atoms. The van der Waals surface area contributed by atoms with Crippen LogP contribution in [-0.2, 0) is 0 Å². The van der Waals surface area contributed by atoms with Gasteiger partial charge in [-0.1, -0.05) is 0 Å². The number of hydrogen-bond acceptors (Lipinski definition) is 5. The first-order valence-electron chi connectivity index (χ1n) is 5.99. The second-order valence-corrected chi connectivity index (χ2v) is 4.53. The molecule has 6 heteroatoms. The van der Waals surface area contributed by atoms with E-state index in [0.717, 1.165) is 6.54 Å². The summed E-state index contributed by atoms with van der Waals surface area (Å²) < 4.78 is 0. The number of aromatic nitrogens is 2. The lowest BCUT2D eigenvalue weighted by molar-refractivity contribution is 0.0672. The van der Waals surface area contributed by atoms with Crippen molar-refractivity contribution < 1.29 is 4.79 Å². The van der Waals surface area contributed by atoms with Gasteiger partial charge in [0.2, 0.25) is 0 Å². The van der Waals surface area contributed by atoms with Gasteiger partial charge in [-0.25, -0.2) is 4.98 Å². The Balaban J connectivity index is 2.85. The molecule has 1 aromatic rings. The third-order valence-electron chi connectivity index (χ3n) is 2.64. The number of carbonyl (C=O) groups excluding carboxylic acids is 1. The third kappa shape index (κ3) is 3.66. The lowest BCUT2D eigenvalue weighted by Gasteiger charge is -2.29. The van der Waals surface area contributed by atoms with Crippen LogP contribution in [0.15, 0.2) is 12.4 Å². The maximum atomic E-state index is 12.3. The standard InChI is InChI=1S/C12H21N5O/c1-5-17(9(2)8-16(3)4)12(18)10-6-14-7-11(13)15-10/h6-7,9H,5,8H2,1-4H3,(H2,13,15). The van der Waals surface area contributed by atoms with Crippen LogP contribution in [0.25, 0.3) is 0 Å². The smallest absolute Gasteiger partial charge is 0.274 e. The van der Waals surface area contributed by atoms with Gasteiger partial charge in [0.1, 0.15) is 11.5 Å². The fourth-order valence-electron chi connectivity index (χ4n) is 1.91. The largest absolute Gasteiger partial charge is 0.382 e. The molecule has 0 saturated heterocycles. The van der Waals surface area contributed by atoms with Crippen molar-refractivity contribution in [1.82, 2.24) is 19.8 Å². The summed E-state index contributed by atoms with van der Waals surface area (Å²) in [6.07, 6.45) is 2.88. The first-order chi connectivity index (χ1) is 8.45. The van der Waals surface area contributed by atoms with Gasteiger partial charge in [-0.3, -0.25) is 9.78 Å². The Morgan fingerprint density at radius 1 is 1.44 bits per heavy atom. The zero-order valence-electron chi connectivity index (χ0n) is 11.4. The van der Waals surface area contributed by atoms with E-state index in [-0.39, 0.29) is 17.8 Å². The van der Waals surface area contributed by atoms with Gasteiger partial charge in [0.05, 0.1) is 12.4 Å². The Morgan fingerprint density at radius 3 is 2.61 bits per heavy atom. The van der Waals surface area contributed by atoms with Gasteiger partial charge in [0.15, 0.2) is 0 Å². The molecule has 0 spiro atoms. The lowest BCUT2D eigenvalue weighted by atomic mass is 10.2. The van der Waals surface area contributed by atoms with Gasteiger partial charge in [-0.2, -0.15) is 0 Å². The number of carbonyl (C=O) groups is 1. The van der Waals surface area contributed by atoms with Crippen LogP contribution in [0.5, 0.6) is 0 Å². The highest BCUT2D eigenvalue weighted by atomic mass is 16.2. The van der Waals surface area contributed by atoms with E-state index in [2.05, 4.69) is 9.97 Å². The summed E-state index contributed by atoms with van der Waals surface area (Å²) in [7, 11) is 3.96. The molecule has 2 N–H and O–H groups in total. The number of anilines is 1. The van der Waals surface area contributed by atoms with Crippen molar-refractivity contribution in [3.8, 4) is 0 Å². The van der Waals surface area contributed by atoms with Crippen LogP contribution in [0.2, 0.25) is 0 Å². The molecule has 0 aliphatic rings. The van der Waals surface area contributed by atoms with E-state index in [9.17, 15) is 4.79 Å². The zero-order chi connectivity index (χ0) is 13.7. The van der Waals surface area contributed by atoms with Crippen LogP contribution in [0.3, 0.4) is 0 Å². The van der Waals surface area contributed by atoms with Crippen LogP contribution in [0.1, 0.15) is 24.3 Å². The summed E-state index contributed by atoms with van der Waals surface area (Å²) in [6, 6.07) is 0.112. The van der Waals surface area contributed by atoms with Crippen LogP contribution in [-0.4, -0.2) is 58.9 Å². The minimum absolute atomic E-state index is 0.112. The molecule has 0 bridgehead atoms. The van der Waals surface area contributed by atoms with E-state index in [1.807, 2.05) is 32.8 Å². The highest BCUT2D eigenvalue weighted by Crippen LogP contribution is 2.07. The lowest BCUT2D eigenvalue weighted by Crippen LogP contribution is -2.44. The average molecular weight is 251 g/mol. The number of nitrogens with zero attached hydrogens (tertiary/aromatic N) is 4. The predicted molar refractivity (Wildman–Crippen MR) is 71.2 cm³/mol. The Bertz CT molecular complexity index is 407. The summed E-state index contributed by atoms with van der Waals surface area (Å²) >= 11 is 0. The van der Waals surface area contributed by atoms with Gasteiger partial charge in [-0.05, 0) is 27.9 Å². The molecule has 0 aliphatic heterocycles. The minimum atomic E-state index is -0.133. The number of hydrogen-bond donors (Lipinski definition) is 1. The Morgan fingerprint density at radius 2 is 2.11 bits per heavy atom. The van der Waals surface area contributed by atoms with Crippen LogP contribution in [0.4, 0.5) is 5.82 Å². The molecule has 0 aliphatic carbocycles. The average Bonchev–Trinajstić information content (AvgIpc) is 2.28. The first-order valence-corrected chi connectivity index (χ1v) is 5.99. The van der Waals surface area contributed by atoms with Crippen molar-refractivity contribution >= 4 is 11.7 Å². The number of likely N-dealkylation sites (N-methyl/N-ethyl adjacent to an activating group) is 2. The molecule has 100 valence electrons. The van der Waals surface area contributed by atoms with E-state index in [1.165, 1.54) is 12.4 Å². The second-order valence-electron chi connectivity index (χ2n) is 4.53. The fourth-order valence-corrected chi connectivity index (χ4v) is 1.91. The maximum Gasteiger partial charge on any atom is 0.274 e. The van der Waals surface area contributed by atoms with E-state index < -0.39 is 0 Å². The molecule has 0 aromatic carbocycles. The second kappa shape index (κ2) is 6.30. The molecule has 1 atom stereocenters. The van der Waals surface area contributed by atoms with Crippen molar-refractivity contribution in [2.45, 2.75) is 19.9 Å². The quantitative estimate of drug-likeness (QED) is 0.823. The highest BCUT2D eigenvalue weighted by Gasteiger charge is 2.21. The Kier molecular flexibility index (Phi) is 5.03. The topological polar surface area (TPSA) is 75.3 Å². The summed E-state index contributed by atoms with van der Waals surface area (Å²) in [6.45, 7) is 5.39. The van der Waals surface area contributed by atoms with Gasteiger partial charge in [0, 0.05) is 19.1 Å². The molecule has 0 saturated carbocycles. The van der Waals surface area contributed by atoms with Gasteiger partial charge >= 0.3 is 0 Å². The van der Waals surface area contributed by atoms with E-state index in [0.29, 0.717) is 12.2 Å². The number of amides is 1. The molecule has 0 radical (unpaired) electrons. The zero-order valence-corrected chi connectivity index (χ0v) is 11.4. The molecule has 1 unspecified atom stereocenters. The summed E-state index contributed by atoms with van der Waals surface area (Å²) in [5.74, 6) is 0.129. The number of rotatable bonds is 5. The van der Waals surface area contributed by atoms with Gasteiger partial charge < -0.3 is 15.5 Å². The van der Waals surface area contributed by atoms with E-state index in [4.69, 9.17) is 5.73 Å². The van der Waals surface area contributed by atoms with Crippen LogP contribution >= 0.6 is 0 Å². The SMILES string of the molecule is CCN(C(=O)c1cncc(N)n1)C(C)CN(C)C. The number of nitrogens with two attached hydrogens (primary N) is 1. The normalized spacial score (nSPS) is 12.5. The van der Waals surface area contributed by atoms with Crippen molar-refractivity contribution in [3.63, 3.8) is 0 Å². The van der Waals surface area contributed by atoms with Crippen molar-refractivity contribution in [2.75, 3.05) is 32.9 Å². The molecular weight excluding hydrogens is 230 g/mol. The van der Waals surface area contributed by atoms with Crippen LogP contribution in [0, 0.1) is 0 Å². The van der Waals surface area contributed by atoms with Crippen LogP contribution < -0.4 is 5.73 Å². The Labute approximate surface area is 108 Å². The highest BCUT2D eigenvalue weighted by molar-refractivity contribution is 5.92. The van der Waals surface area contributed by atoms with Crippen molar-refractivity contribution in [2.24, 2.45) is 0 Å². The first kappa shape index (κ1) is 14.4. The molecule has 1 aromatic heterocycles. The summed E-state index contributed by atoms with van der Waals surface area (Å²) in [5, 5.41) is 0. The van der Waals surface area contributed by atoms with E-state index in [1.54, 1.807) is 4.90 Å². The molecule has 1 amide bonds. The molecule has 6 nitrogen and oxygen atoms in total. The van der Waals surface area contributed by atoms with Gasteiger partial charge in [0.25, 0.3) is 5.91 Å². The monoisotopic (exact) mass is 251 g/mol. The van der Waals surface area contributed by atoms with E-state index >= 15 is 0 Å². The van der Waals surface area contributed by atoms with Crippen molar-refractivity contribution in [3.05, 3.63) is 18.1 Å². The molecule has 1 heterocycles. The minimum Gasteiger partial charge on any atom is -0.382 e.